The van der Waals surface area contributed by atoms with Gasteiger partial charge in [0.15, 0.2) is 0 Å². The van der Waals surface area contributed by atoms with Crippen LogP contribution in [0.1, 0.15) is 34.0 Å². The zero-order valence-electron chi connectivity index (χ0n) is 12.4. The van der Waals surface area contributed by atoms with Gasteiger partial charge in [-0.2, -0.15) is 0 Å². The second-order valence-corrected chi connectivity index (χ2v) is 6.83. The van der Waals surface area contributed by atoms with Crippen LogP contribution in [0.5, 0.6) is 0 Å². The van der Waals surface area contributed by atoms with E-state index in [2.05, 4.69) is 35.2 Å². The molecule has 2 heterocycles. The maximum atomic E-state index is 5.57. The molecule has 0 unspecified atom stereocenters. The summed E-state index contributed by atoms with van der Waals surface area (Å²) < 4.78 is 0. The lowest BCUT2D eigenvalue weighted by atomic mass is 10.1. The van der Waals surface area contributed by atoms with Gasteiger partial charge in [-0.3, -0.25) is 4.90 Å². The van der Waals surface area contributed by atoms with Gasteiger partial charge in [-0.05, 0) is 31.5 Å². The lowest BCUT2D eigenvalue weighted by Gasteiger charge is -2.25. The maximum Gasteiger partial charge on any atom is 0.0975 e. The van der Waals surface area contributed by atoms with E-state index < -0.39 is 0 Å². The van der Waals surface area contributed by atoms with Crippen LogP contribution in [-0.4, -0.2) is 29.5 Å². The molecule has 0 radical (unpaired) electrons. The van der Waals surface area contributed by atoms with E-state index in [1.54, 1.807) is 0 Å². The summed E-state index contributed by atoms with van der Waals surface area (Å²) in [5.74, 6) is 0. The second kappa shape index (κ2) is 7.16. The van der Waals surface area contributed by atoms with Crippen molar-refractivity contribution in [3.05, 3.63) is 51.5 Å². The molecule has 0 saturated heterocycles. The summed E-state index contributed by atoms with van der Waals surface area (Å²) in [4.78, 5) is 8.87. The summed E-state index contributed by atoms with van der Waals surface area (Å²) in [6.07, 6.45) is 4.40. The van der Waals surface area contributed by atoms with Gasteiger partial charge in [0, 0.05) is 30.8 Å². The van der Waals surface area contributed by atoms with E-state index in [1.165, 1.54) is 34.1 Å². The first kappa shape index (κ1) is 14.7. The molecule has 2 N–H and O–H groups in total. The van der Waals surface area contributed by atoms with Crippen LogP contribution >= 0.6 is 11.3 Å². The third-order valence-corrected chi connectivity index (χ3v) is 5.06. The van der Waals surface area contributed by atoms with Gasteiger partial charge < -0.3 is 5.73 Å². The molecule has 112 valence electrons. The van der Waals surface area contributed by atoms with Crippen LogP contribution in [0.3, 0.4) is 0 Å². The molecule has 0 atom stereocenters. The van der Waals surface area contributed by atoms with E-state index in [-0.39, 0.29) is 0 Å². The molecule has 0 spiro atoms. The van der Waals surface area contributed by atoms with E-state index in [1.807, 2.05) is 11.3 Å². The zero-order valence-corrected chi connectivity index (χ0v) is 13.2. The molecule has 0 fully saturated rings. The van der Waals surface area contributed by atoms with Crippen molar-refractivity contribution < 1.29 is 0 Å². The number of thiazole rings is 1. The monoisotopic (exact) mass is 301 g/mol. The smallest absolute Gasteiger partial charge is 0.0975 e. The minimum absolute atomic E-state index is 0.806. The summed E-state index contributed by atoms with van der Waals surface area (Å²) in [6.45, 7) is 4.20. The van der Waals surface area contributed by atoms with Crippen molar-refractivity contribution in [3.8, 4) is 0 Å². The molecule has 2 aromatic rings. The number of aromatic nitrogens is 1. The standard InChI is InChI=1S/C17H23N3S/c18-9-4-5-10-20-11-8-15-16(13-20)21-17(19-15)12-14-6-2-1-3-7-14/h1-3,6-7H,4-5,8-13,18H2. The zero-order chi connectivity index (χ0) is 14.5. The van der Waals surface area contributed by atoms with Gasteiger partial charge in [0.05, 0.1) is 10.7 Å². The highest BCUT2D eigenvalue weighted by Crippen LogP contribution is 2.26. The third-order valence-electron chi connectivity index (χ3n) is 3.98. The summed E-state index contributed by atoms with van der Waals surface area (Å²) in [5, 5.41) is 1.26. The Hall–Kier alpha value is -1.23. The Bertz CT molecular complexity index is 565. The summed E-state index contributed by atoms with van der Waals surface area (Å²) >= 11 is 1.90. The average molecular weight is 301 g/mol. The number of rotatable bonds is 6. The fraction of sp³-hybridized carbons (Fsp3) is 0.471. The molecule has 4 heteroatoms. The first-order valence-corrected chi connectivity index (χ1v) is 8.60. The van der Waals surface area contributed by atoms with Crippen molar-refractivity contribution in [2.45, 2.75) is 32.2 Å². The van der Waals surface area contributed by atoms with Crippen LogP contribution in [0.4, 0.5) is 0 Å². The fourth-order valence-corrected chi connectivity index (χ4v) is 4.01. The Morgan fingerprint density at radius 3 is 2.86 bits per heavy atom. The summed E-state index contributed by atoms with van der Waals surface area (Å²) in [5.41, 5.74) is 8.26. The number of hydrogen-bond donors (Lipinski definition) is 1. The first-order chi connectivity index (χ1) is 10.3. The third kappa shape index (κ3) is 3.90. The van der Waals surface area contributed by atoms with Gasteiger partial charge in [-0.25, -0.2) is 4.98 Å². The highest BCUT2D eigenvalue weighted by atomic mass is 32.1. The molecule has 3 rings (SSSR count). The second-order valence-electron chi connectivity index (χ2n) is 5.66. The highest BCUT2D eigenvalue weighted by molar-refractivity contribution is 7.11. The van der Waals surface area contributed by atoms with Gasteiger partial charge in [0.2, 0.25) is 0 Å². The lowest BCUT2D eigenvalue weighted by molar-refractivity contribution is 0.251. The summed E-state index contributed by atoms with van der Waals surface area (Å²) in [7, 11) is 0. The van der Waals surface area contributed by atoms with Gasteiger partial charge in [0.1, 0.15) is 0 Å². The number of unbranched alkanes of at least 4 members (excludes halogenated alkanes) is 1. The first-order valence-electron chi connectivity index (χ1n) is 7.79. The average Bonchev–Trinajstić information content (AvgIpc) is 2.90. The van der Waals surface area contributed by atoms with E-state index in [9.17, 15) is 0 Å². The molecule has 1 aromatic heterocycles. The van der Waals surface area contributed by atoms with Crippen LogP contribution in [0.15, 0.2) is 30.3 Å². The van der Waals surface area contributed by atoms with E-state index in [4.69, 9.17) is 10.7 Å². The van der Waals surface area contributed by atoms with Gasteiger partial charge >= 0.3 is 0 Å². The van der Waals surface area contributed by atoms with Crippen molar-refractivity contribution in [1.82, 2.24) is 9.88 Å². The normalized spacial score (nSPS) is 15.1. The number of hydrogen-bond acceptors (Lipinski definition) is 4. The molecule has 1 aliphatic rings. The Morgan fingerprint density at radius 2 is 2.05 bits per heavy atom. The SMILES string of the molecule is NCCCCN1CCc2nc(Cc3ccccc3)sc2C1. The molecular formula is C17H23N3S. The van der Waals surface area contributed by atoms with Crippen molar-refractivity contribution in [3.63, 3.8) is 0 Å². The van der Waals surface area contributed by atoms with Gasteiger partial charge in [0.25, 0.3) is 0 Å². The minimum atomic E-state index is 0.806. The van der Waals surface area contributed by atoms with Crippen LogP contribution in [0, 0.1) is 0 Å². The Morgan fingerprint density at radius 1 is 1.19 bits per heavy atom. The molecule has 0 amide bonds. The Labute approximate surface area is 130 Å². The van der Waals surface area contributed by atoms with Crippen LogP contribution in [-0.2, 0) is 19.4 Å². The molecule has 1 aromatic carbocycles. The number of nitrogens with zero attached hydrogens (tertiary/aromatic N) is 2. The Kier molecular flexibility index (Phi) is 5.01. The minimum Gasteiger partial charge on any atom is -0.330 e. The fourth-order valence-electron chi connectivity index (χ4n) is 2.82. The van der Waals surface area contributed by atoms with E-state index in [0.29, 0.717) is 0 Å². The van der Waals surface area contributed by atoms with Crippen molar-refractivity contribution in [1.29, 1.82) is 0 Å². The maximum absolute atomic E-state index is 5.57. The predicted octanol–water partition coefficient (Wildman–Crippen LogP) is 2.83. The van der Waals surface area contributed by atoms with E-state index >= 15 is 0 Å². The number of benzene rings is 1. The lowest BCUT2D eigenvalue weighted by Crippen LogP contribution is -2.31. The predicted molar refractivity (Wildman–Crippen MR) is 88.6 cm³/mol. The molecule has 0 aliphatic carbocycles. The number of fused-ring (bicyclic) bond motifs is 1. The van der Waals surface area contributed by atoms with Crippen LogP contribution < -0.4 is 5.73 Å². The Balaban J connectivity index is 1.61. The van der Waals surface area contributed by atoms with Gasteiger partial charge in [-0.15, -0.1) is 11.3 Å². The molecule has 3 nitrogen and oxygen atoms in total. The van der Waals surface area contributed by atoms with Crippen molar-refractivity contribution >= 4 is 11.3 Å². The largest absolute Gasteiger partial charge is 0.330 e. The molecule has 1 aliphatic heterocycles. The van der Waals surface area contributed by atoms with Crippen LogP contribution in [0.2, 0.25) is 0 Å². The topological polar surface area (TPSA) is 42.1 Å². The molecule has 0 saturated carbocycles. The molecular weight excluding hydrogens is 278 g/mol. The van der Waals surface area contributed by atoms with Gasteiger partial charge in [-0.1, -0.05) is 30.3 Å². The summed E-state index contributed by atoms with van der Waals surface area (Å²) in [6, 6.07) is 10.6. The van der Waals surface area contributed by atoms with E-state index in [0.717, 1.165) is 38.9 Å². The quantitative estimate of drug-likeness (QED) is 0.834. The number of nitrogens with two attached hydrogens (primary N) is 1. The highest BCUT2D eigenvalue weighted by Gasteiger charge is 2.20. The van der Waals surface area contributed by atoms with Crippen molar-refractivity contribution in [2.24, 2.45) is 5.73 Å². The molecule has 21 heavy (non-hydrogen) atoms. The van der Waals surface area contributed by atoms with Crippen LogP contribution in [0.25, 0.3) is 0 Å². The van der Waals surface area contributed by atoms with Crippen molar-refractivity contribution in [2.75, 3.05) is 19.6 Å². The molecule has 0 bridgehead atoms.